The summed E-state index contributed by atoms with van der Waals surface area (Å²) in [5.74, 6) is 0.901. The number of allylic oxidation sites excluding steroid dienone is 1. The molecule has 0 N–H and O–H groups in total. The van der Waals surface area contributed by atoms with Crippen LogP contribution in [0.5, 0.6) is 0 Å². The number of ether oxygens (including phenoxy) is 1. The Bertz CT molecular complexity index is 978. The quantitative estimate of drug-likeness (QED) is 0.234. The first-order valence-corrected chi connectivity index (χ1v) is 9.22. The van der Waals surface area contributed by atoms with Gasteiger partial charge in [-0.05, 0) is 49.3 Å². The monoisotopic (exact) mass is 523 g/mol. The van der Waals surface area contributed by atoms with Crippen LogP contribution in [0.1, 0.15) is 5.56 Å². The van der Waals surface area contributed by atoms with Crippen LogP contribution in [-0.4, -0.2) is 36.2 Å². The van der Waals surface area contributed by atoms with Crippen molar-refractivity contribution < 1.29 is 35.1 Å². The molecule has 0 fully saturated rings. The van der Waals surface area contributed by atoms with Gasteiger partial charge in [-0.2, -0.15) is 0 Å². The van der Waals surface area contributed by atoms with Crippen molar-refractivity contribution in [1.82, 2.24) is 29.1 Å². The molecule has 4 heterocycles. The molecule has 0 unspecified atom stereocenters. The molecule has 0 amide bonds. The smallest absolute Gasteiger partial charge is 0.486 e. The van der Waals surface area contributed by atoms with Crippen LogP contribution in [0.15, 0.2) is 91.8 Å². The zero-order valence-electron chi connectivity index (χ0n) is 17.3. The van der Waals surface area contributed by atoms with Crippen LogP contribution in [0.25, 0.3) is 5.76 Å². The third-order valence-corrected chi connectivity index (χ3v) is 3.98. The first kappa shape index (κ1) is 27.7. The van der Waals surface area contributed by atoms with Crippen molar-refractivity contribution in [2.75, 3.05) is 0 Å². The summed E-state index contributed by atoms with van der Waals surface area (Å²) in [6.07, 6.45) is 16.6. The second kappa shape index (κ2) is 16.3. The maximum atomic E-state index is 7.50. The van der Waals surface area contributed by atoms with Crippen LogP contribution < -0.4 is 0 Å². The van der Waals surface area contributed by atoms with Gasteiger partial charge in [0.1, 0.15) is 12.4 Å². The molecule has 11 heteroatoms. The summed E-state index contributed by atoms with van der Waals surface area (Å²) in [4.78, 5) is 0. The van der Waals surface area contributed by atoms with Crippen molar-refractivity contribution in [2.24, 2.45) is 0 Å². The van der Waals surface area contributed by atoms with Crippen molar-refractivity contribution in [3.63, 3.8) is 0 Å². The molecule has 1 aliphatic heterocycles. The first-order chi connectivity index (χ1) is 15.9. The number of nitrogens with zero attached hydrogens (tertiary/aromatic N) is 6. The average molecular weight is 521 g/mol. The second-order valence-corrected chi connectivity index (χ2v) is 5.84. The van der Waals surface area contributed by atoms with Gasteiger partial charge < -0.3 is 18.5 Å². The maximum Gasteiger partial charge on any atom is 2.00 e. The number of rotatable bonds is 4. The molecule has 0 aliphatic carbocycles. The van der Waals surface area contributed by atoms with Gasteiger partial charge in [0, 0.05) is 30.6 Å². The van der Waals surface area contributed by atoms with Gasteiger partial charge in [-0.3, -0.25) is 0 Å². The standard InChI is InChI=1S/C11H9O.C9H9BN6.2CO.Mo/c1-2-6-10(7-3-1)11-8-4-5-9-12-11;1-4-11-14(7-1)10(15-8-2-5-12-15)16-9-3-6-13-16;2*1-2;/h1-9H;1-9H;;;/q;-1;;;+2. The zero-order valence-corrected chi connectivity index (χ0v) is 19.3. The Morgan fingerprint density at radius 1 is 0.697 bits per heavy atom. The van der Waals surface area contributed by atoms with Crippen molar-refractivity contribution >= 4 is 12.9 Å². The van der Waals surface area contributed by atoms with E-state index in [0.29, 0.717) is 0 Å². The molecule has 1 aromatic carbocycles. The molecular weight excluding hydrogens is 503 g/mol. The van der Waals surface area contributed by atoms with Crippen molar-refractivity contribution in [2.45, 2.75) is 0 Å². The van der Waals surface area contributed by atoms with Crippen molar-refractivity contribution in [3.8, 4) is 0 Å². The Hall–Kier alpha value is -3.38. The third kappa shape index (κ3) is 8.24. The number of hydrogen-bond donors (Lipinski definition) is 0. The molecule has 0 saturated carbocycles. The Morgan fingerprint density at radius 2 is 1.18 bits per heavy atom. The van der Waals surface area contributed by atoms with Crippen LogP contribution in [0.3, 0.4) is 0 Å². The summed E-state index contributed by atoms with van der Waals surface area (Å²) >= 11 is 0. The Morgan fingerprint density at radius 3 is 1.55 bits per heavy atom. The molecule has 162 valence electrons. The molecule has 1 aliphatic rings. The Balaban J connectivity index is 0.000000287. The molecule has 4 radical (unpaired) electrons. The largest absolute Gasteiger partial charge is 2.00 e. The molecular formula is C22H18BMoN6O3+. The number of benzene rings is 1. The van der Waals surface area contributed by atoms with Gasteiger partial charge in [-0.1, -0.05) is 30.3 Å². The van der Waals surface area contributed by atoms with Gasteiger partial charge in [0.05, 0.1) is 0 Å². The molecule has 33 heavy (non-hydrogen) atoms. The van der Waals surface area contributed by atoms with E-state index < -0.39 is 0 Å². The van der Waals surface area contributed by atoms with E-state index in [9.17, 15) is 0 Å². The topological polar surface area (TPSA) is 102 Å². The summed E-state index contributed by atoms with van der Waals surface area (Å²) in [5.41, 5.74) is 1.11. The Labute approximate surface area is 206 Å². The molecule has 5 rings (SSSR count). The SMILES string of the molecule is [C-]#[O+].[C-]#[O+].[CH]1[CH]C=C(c2ccccc2)O[CH]1.[Mo+2].c1cnn([B-](n2cccn2)n2cccn2)c1. The summed E-state index contributed by atoms with van der Waals surface area (Å²) in [5, 5.41) is 12.7. The third-order valence-electron chi connectivity index (χ3n) is 3.98. The van der Waals surface area contributed by atoms with Crippen LogP contribution >= 0.6 is 0 Å². The summed E-state index contributed by atoms with van der Waals surface area (Å²) in [6.45, 7) is 10.7. The van der Waals surface area contributed by atoms with Crippen molar-refractivity contribution in [1.29, 1.82) is 0 Å². The van der Waals surface area contributed by atoms with Gasteiger partial charge in [0.2, 0.25) is 0 Å². The van der Waals surface area contributed by atoms with Crippen LogP contribution in [0.4, 0.5) is 0 Å². The summed E-state index contributed by atoms with van der Waals surface area (Å²) in [6, 6.07) is 15.7. The predicted octanol–water partition coefficient (Wildman–Crippen LogP) is 2.76. The molecule has 3 aromatic heterocycles. The number of hydrogen-bond acceptors (Lipinski definition) is 4. The van der Waals surface area contributed by atoms with E-state index in [2.05, 4.69) is 28.6 Å². The van der Waals surface area contributed by atoms with E-state index in [1.165, 1.54) is 0 Å². The minimum Gasteiger partial charge on any atom is -0.486 e. The first-order valence-electron chi connectivity index (χ1n) is 9.22. The molecule has 0 saturated heterocycles. The maximum absolute atomic E-state index is 7.50. The van der Waals surface area contributed by atoms with Gasteiger partial charge in [-0.25, -0.2) is 15.3 Å². The predicted molar refractivity (Wildman–Crippen MR) is 115 cm³/mol. The average Bonchev–Trinajstić information content (AvgIpc) is 3.69. The van der Waals surface area contributed by atoms with E-state index in [0.717, 1.165) is 11.3 Å². The van der Waals surface area contributed by atoms with Crippen LogP contribution in [-0.2, 0) is 35.1 Å². The van der Waals surface area contributed by atoms with Crippen LogP contribution in [0.2, 0.25) is 0 Å². The van der Waals surface area contributed by atoms with E-state index in [-0.39, 0.29) is 28.2 Å². The molecule has 0 atom stereocenters. The van der Waals surface area contributed by atoms with E-state index >= 15 is 0 Å². The van der Waals surface area contributed by atoms with Gasteiger partial charge in [0.15, 0.2) is 0 Å². The fraction of sp³-hybridized carbons (Fsp3) is 0. The minimum absolute atomic E-state index is 0. The van der Waals surface area contributed by atoms with Gasteiger partial charge in [-0.15, -0.1) is 0 Å². The molecule has 0 spiro atoms. The van der Waals surface area contributed by atoms with Crippen LogP contribution in [0, 0.1) is 32.7 Å². The molecule has 4 aromatic rings. The zero-order chi connectivity index (χ0) is 23.0. The minimum atomic E-state index is -0.194. The van der Waals surface area contributed by atoms with Crippen molar-refractivity contribution in [3.05, 3.63) is 130 Å². The van der Waals surface area contributed by atoms with E-state index in [1.54, 1.807) is 39.0 Å². The fourth-order valence-electron chi connectivity index (χ4n) is 2.72. The normalized spacial score (nSPS) is 11.5. The fourth-order valence-corrected chi connectivity index (χ4v) is 2.72. The molecule has 0 bridgehead atoms. The summed E-state index contributed by atoms with van der Waals surface area (Å²) in [7, 11) is -0.194. The summed E-state index contributed by atoms with van der Waals surface area (Å²) < 4.78 is 25.7. The van der Waals surface area contributed by atoms with E-state index in [1.807, 2.05) is 86.0 Å². The van der Waals surface area contributed by atoms with E-state index in [4.69, 9.17) is 14.0 Å². The molecule has 9 nitrogen and oxygen atoms in total. The Kier molecular flexibility index (Phi) is 13.6. The van der Waals surface area contributed by atoms with Gasteiger partial charge in [0.25, 0.3) is 7.12 Å². The number of aromatic nitrogens is 6. The van der Waals surface area contributed by atoms with Gasteiger partial charge >= 0.3 is 43.7 Å². The second-order valence-electron chi connectivity index (χ2n) is 5.84.